The summed E-state index contributed by atoms with van der Waals surface area (Å²) in [7, 11) is 0. The van der Waals surface area contributed by atoms with Gasteiger partial charge in [-0.2, -0.15) is 0 Å². The molecule has 1 aromatic rings. The lowest BCUT2D eigenvalue weighted by atomic mass is 9.32. The molecular weight excluding hydrogens is 532 g/mol. The van der Waals surface area contributed by atoms with Crippen molar-refractivity contribution < 1.29 is 19.8 Å². The Morgan fingerprint density at radius 3 is 2.34 bits per heavy atom. The maximum absolute atomic E-state index is 14.5. The van der Waals surface area contributed by atoms with Crippen LogP contribution in [0, 0.1) is 40.4 Å². The van der Waals surface area contributed by atoms with Crippen LogP contribution in [0.15, 0.2) is 35.9 Å². The Morgan fingerprint density at radius 1 is 0.976 bits per heavy atom. The zero-order chi connectivity index (χ0) is 29.0. The minimum atomic E-state index is -0.840. The molecule has 7 heteroatoms. The van der Waals surface area contributed by atoms with Crippen molar-refractivity contribution in [3.63, 3.8) is 0 Å². The molecule has 6 nitrogen and oxygen atoms in total. The molecule has 1 aromatic heterocycles. The minimum absolute atomic E-state index is 0.0127. The first-order valence-corrected chi connectivity index (χ1v) is 16.6. The number of aliphatic hydroxyl groups excluding tert-OH is 1. The van der Waals surface area contributed by atoms with E-state index >= 15 is 0 Å². The molecular formula is C34H46N2O4S. The monoisotopic (exact) mass is 578 g/mol. The van der Waals surface area contributed by atoms with Gasteiger partial charge >= 0.3 is 0 Å². The second-order valence-corrected chi connectivity index (χ2v) is 16.1. The number of allylic oxidation sites excluding steroid dienone is 4. The molecule has 4 fully saturated rings. The molecule has 1 aliphatic heterocycles. The summed E-state index contributed by atoms with van der Waals surface area (Å²) in [6.07, 6.45) is 12.8. The summed E-state index contributed by atoms with van der Waals surface area (Å²) in [6.45, 7) is 12.1. The van der Waals surface area contributed by atoms with Crippen molar-refractivity contribution in [2.75, 3.05) is 32.7 Å². The minimum Gasteiger partial charge on any atom is -0.393 e. The summed E-state index contributed by atoms with van der Waals surface area (Å²) in [6, 6.07) is 4.03. The maximum atomic E-state index is 14.5. The third-order valence-corrected chi connectivity index (χ3v) is 14.2. The molecule has 2 N–H and O–H groups in total. The Hall–Kier alpha value is -1.80. The Bertz CT molecular complexity index is 1340. The first-order chi connectivity index (χ1) is 19.4. The van der Waals surface area contributed by atoms with E-state index in [9.17, 15) is 19.8 Å². The van der Waals surface area contributed by atoms with Crippen LogP contribution in [0.3, 0.4) is 0 Å². The molecule has 3 saturated carbocycles. The number of thiophene rings is 1. The molecule has 0 radical (unpaired) electrons. The average molecular weight is 579 g/mol. The number of hydrogen-bond acceptors (Lipinski definition) is 6. The number of carbonyl (C=O) groups is 2. The molecule has 0 aromatic carbocycles. The Kier molecular flexibility index (Phi) is 6.22. The van der Waals surface area contributed by atoms with Crippen molar-refractivity contribution in [2.24, 2.45) is 33.5 Å². The highest BCUT2D eigenvalue weighted by Crippen LogP contribution is 2.78. The van der Waals surface area contributed by atoms with Gasteiger partial charge in [0, 0.05) is 66.3 Å². The molecule has 8 atom stereocenters. The summed E-state index contributed by atoms with van der Waals surface area (Å²) < 4.78 is 0. The number of Topliss-reactive ketones (excluding diaryl/α,β-unsaturated/α-hetero) is 1. The van der Waals surface area contributed by atoms with Crippen LogP contribution in [-0.4, -0.2) is 76.1 Å². The Balaban J connectivity index is 1.29. The van der Waals surface area contributed by atoms with E-state index in [2.05, 4.69) is 43.9 Å². The van der Waals surface area contributed by atoms with E-state index in [4.69, 9.17) is 0 Å². The highest BCUT2D eigenvalue weighted by Gasteiger charge is 2.74. The molecule has 41 heavy (non-hydrogen) atoms. The first kappa shape index (κ1) is 28.0. The highest BCUT2D eigenvalue weighted by atomic mass is 32.1. The third-order valence-electron chi connectivity index (χ3n) is 13.2. The molecule has 6 aliphatic carbocycles. The third kappa shape index (κ3) is 3.64. The fourth-order valence-corrected chi connectivity index (χ4v) is 11.7. The van der Waals surface area contributed by atoms with E-state index in [1.165, 1.54) is 0 Å². The van der Waals surface area contributed by atoms with Gasteiger partial charge < -0.3 is 15.1 Å². The summed E-state index contributed by atoms with van der Waals surface area (Å²) in [5, 5.41) is 23.5. The number of hydrogen-bond donors (Lipinski definition) is 2. The summed E-state index contributed by atoms with van der Waals surface area (Å²) in [5.41, 5.74) is -0.938. The standard InChI is InChI=1S/C34H46N2O4S/c1-22-5-6-26(41-22)29(39)25-20-32-13-14-34(25)27(30(32,3)10-7-24(38)19-32)8-11-31(4)28(34)9-12-33(31,40)21-35-15-17-36(18-16-35)23(2)37/h5-6,13-14,20,24,27-28,38,40H,7-12,15-19,21H2,1-4H3/t24?,27-,28-,30-,31+,32+,33-,34-/m1/s1. The molecule has 7 aliphatic rings. The van der Waals surface area contributed by atoms with Gasteiger partial charge in [0.05, 0.1) is 16.6 Å². The SMILES string of the molecule is CC(=O)N1CCN(C[C@]2(O)CC[C@H]3[C@]45C=C[C@@]6(C=C4C(=O)c4ccc(C)s4)CC(O)CC[C@]6(C)[C@H]5CC[C@@]32C)CC1. The fourth-order valence-electron chi connectivity index (χ4n) is 10.9. The van der Waals surface area contributed by atoms with E-state index < -0.39 is 11.0 Å². The van der Waals surface area contributed by atoms with Crippen molar-refractivity contribution in [2.45, 2.75) is 84.3 Å². The second-order valence-electron chi connectivity index (χ2n) is 14.8. The van der Waals surface area contributed by atoms with Crippen molar-refractivity contribution >= 4 is 23.0 Å². The van der Waals surface area contributed by atoms with Crippen LogP contribution in [-0.2, 0) is 4.79 Å². The summed E-state index contributed by atoms with van der Waals surface area (Å²) >= 11 is 1.58. The fraction of sp³-hybridized carbons (Fsp3) is 0.706. The largest absolute Gasteiger partial charge is 0.393 e. The number of amides is 1. The van der Waals surface area contributed by atoms with Gasteiger partial charge in [0.25, 0.3) is 0 Å². The topological polar surface area (TPSA) is 81.1 Å². The molecule has 8 rings (SSSR count). The van der Waals surface area contributed by atoms with Crippen LogP contribution in [0.25, 0.3) is 0 Å². The van der Waals surface area contributed by atoms with Crippen LogP contribution >= 0.6 is 11.3 Å². The summed E-state index contributed by atoms with van der Waals surface area (Å²) in [5.74, 6) is 0.766. The number of rotatable bonds is 4. The van der Waals surface area contributed by atoms with E-state index in [-0.39, 0.29) is 40.0 Å². The number of piperazine rings is 1. The quantitative estimate of drug-likeness (QED) is 0.389. The molecule has 1 unspecified atom stereocenters. The van der Waals surface area contributed by atoms with Gasteiger partial charge in [0.1, 0.15) is 0 Å². The first-order valence-electron chi connectivity index (χ1n) is 15.8. The van der Waals surface area contributed by atoms with Crippen molar-refractivity contribution in [3.8, 4) is 0 Å². The molecule has 2 bridgehead atoms. The lowest BCUT2D eigenvalue weighted by molar-refractivity contribution is -0.177. The Labute approximate surface area is 248 Å². The van der Waals surface area contributed by atoms with Crippen LogP contribution in [0.1, 0.15) is 80.3 Å². The number of nitrogens with zero attached hydrogens (tertiary/aromatic N) is 2. The van der Waals surface area contributed by atoms with Gasteiger partial charge in [0.2, 0.25) is 5.91 Å². The van der Waals surface area contributed by atoms with Crippen molar-refractivity contribution in [3.05, 3.63) is 45.7 Å². The van der Waals surface area contributed by atoms with E-state index in [0.717, 1.165) is 66.9 Å². The summed E-state index contributed by atoms with van der Waals surface area (Å²) in [4.78, 5) is 32.6. The van der Waals surface area contributed by atoms with Crippen LogP contribution in [0.2, 0.25) is 0 Å². The predicted octanol–water partition coefficient (Wildman–Crippen LogP) is 4.99. The van der Waals surface area contributed by atoms with Gasteiger partial charge in [0.15, 0.2) is 5.78 Å². The second kappa shape index (κ2) is 9.10. The maximum Gasteiger partial charge on any atom is 0.219 e. The highest BCUT2D eigenvalue weighted by molar-refractivity contribution is 7.14. The number of aryl methyl sites for hydroxylation is 1. The lowest BCUT2D eigenvalue weighted by Crippen LogP contribution is -2.67. The van der Waals surface area contributed by atoms with Crippen LogP contribution < -0.4 is 0 Å². The van der Waals surface area contributed by atoms with Gasteiger partial charge in [-0.25, -0.2) is 0 Å². The molecule has 2 heterocycles. The van der Waals surface area contributed by atoms with Gasteiger partial charge in [-0.15, -0.1) is 11.3 Å². The van der Waals surface area contributed by atoms with Crippen LogP contribution in [0.5, 0.6) is 0 Å². The van der Waals surface area contributed by atoms with E-state index in [1.54, 1.807) is 18.3 Å². The number of ketones is 1. The average Bonchev–Trinajstić information content (AvgIpc) is 3.48. The number of fused-ring (bicyclic) bond motifs is 1. The van der Waals surface area contributed by atoms with Crippen LogP contribution in [0.4, 0.5) is 0 Å². The van der Waals surface area contributed by atoms with Crippen molar-refractivity contribution in [1.82, 2.24) is 9.80 Å². The number of aliphatic hydroxyl groups is 2. The van der Waals surface area contributed by atoms with E-state index in [1.807, 2.05) is 17.0 Å². The normalized spacial score (nSPS) is 45.2. The smallest absolute Gasteiger partial charge is 0.219 e. The van der Waals surface area contributed by atoms with Gasteiger partial charge in [-0.1, -0.05) is 32.1 Å². The number of β-amino-alcohol motifs (C(OH)–C–C–N with tert-alkyl or cyclic N) is 1. The predicted molar refractivity (Wildman–Crippen MR) is 161 cm³/mol. The van der Waals surface area contributed by atoms with Crippen molar-refractivity contribution in [1.29, 1.82) is 0 Å². The zero-order valence-electron chi connectivity index (χ0n) is 25.1. The zero-order valence-corrected chi connectivity index (χ0v) is 25.9. The molecule has 1 saturated heterocycles. The molecule has 1 amide bonds. The van der Waals surface area contributed by atoms with E-state index in [0.29, 0.717) is 32.0 Å². The lowest BCUT2D eigenvalue weighted by Gasteiger charge is -2.71. The molecule has 2 spiro atoms. The number of carbonyl (C=O) groups excluding carboxylic acids is 2. The Morgan fingerprint density at radius 2 is 1.66 bits per heavy atom. The van der Waals surface area contributed by atoms with Gasteiger partial charge in [-0.05, 0) is 81.3 Å². The molecule has 222 valence electrons. The van der Waals surface area contributed by atoms with Gasteiger partial charge in [-0.3, -0.25) is 14.5 Å².